The minimum Gasteiger partial charge on any atom is -0.379 e. The fourth-order valence-electron chi connectivity index (χ4n) is 4.27. The molecule has 160 valence electrons. The molecule has 0 unspecified atom stereocenters. The first-order valence-electron chi connectivity index (χ1n) is 10.5. The topological polar surface area (TPSA) is 106 Å². The lowest BCUT2D eigenvalue weighted by Crippen LogP contribution is -2.61. The number of carbonyl (C=O) groups is 2. The van der Waals surface area contributed by atoms with Gasteiger partial charge >= 0.3 is 0 Å². The number of hydrogen-bond acceptors (Lipinski definition) is 6. The lowest BCUT2D eigenvalue weighted by molar-refractivity contribution is -0.159. The van der Waals surface area contributed by atoms with E-state index in [1.165, 1.54) is 11.9 Å². The van der Waals surface area contributed by atoms with Gasteiger partial charge < -0.3 is 14.9 Å². The van der Waals surface area contributed by atoms with Crippen molar-refractivity contribution in [3.8, 4) is 0 Å². The smallest absolute Gasteiger partial charge is 0.291 e. The summed E-state index contributed by atoms with van der Waals surface area (Å²) in [7, 11) is 0. The van der Waals surface area contributed by atoms with Crippen molar-refractivity contribution in [1.82, 2.24) is 29.9 Å². The van der Waals surface area contributed by atoms with Gasteiger partial charge in [0.2, 0.25) is 5.82 Å². The van der Waals surface area contributed by atoms with Gasteiger partial charge in [0.15, 0.2) is 5.60 Å². The number of H-pyrrole nitrogens is 1. The molecule has 3 heterocycles. The molecule has 0 spiro atoms. The summed E-state index contributed by atoms with van der Waals surface area (Å²) in [5.74, 6) is -0.116. The van der Waals surface area contributed by atoms with Crippen LogP contribution in [0.5, 0.6) is 0 Å². The van der Waals surface area contributed by atoms with Crippen molar-refractivity contribution in [2.45, 2.75) is 24.9 Å². The van der Waals surface area contributed by atoms with Crippen molar-refractivity contribution in [2.75, 3.05) is 45.8 Å². The Balaban J connectivity index is 1.30. The van der Waals surface area contributed by atoms with Gasteiger partial charge in [-0.15, -0.1) is 0 Å². The third-order valence-electron chi connectivity index (χ3n) is 5.98. The lowest BCUT2D eigenvalue weighted by atomic mass is 9.90. The number of β-amino-alcohol motifs (C(OH)–C–C–N with tert-alkyl or cyclic N) is 1. The van der Waals surface area contributed by atoms with E-state index in [0.29, 0.717) is 52.2 Å². The van der Waals surface area contributed by atoms with Crippen LogP contribution in [0.4, 0.5) is 0 Å². The number of likely N-dealkylation sites (tertiary alicyclic amines) is 1. The third-order valence-corrected chi connectivity index (χ3v) is 5.98. The SMILES string of the molecule is O=C(c1ncn[nH]1)N1CCN(C[C@@]2(O)CCCN(CCc3ccccc3)C2=O)CC1. The summed E-state index contributed by atoms with van der Waals surface area (Å²) in [6.07, 6.45) is 3.37. The number of amides is 2. The standard InChI is InChI=1S/C21H28N6O3/c28-19(18-22-16-23-24-18)26-13-11-25(12-14-26)15-21(30)8-4-9-27(20(21)29)10-7-17-5-2-1-3-6-17/h1-3,5-6,16,30H,4,7-15H2,(H,22,23,24)/t21-/m0/s1. The van der Waals surface area contributed by atoms with E-state index in [1.807, 2.05) is 18.2 Å². The molecule has 1 atom stereocenters. The van der Waals surface area contributed by atoms with E-state index in [1.54, 1.807) is 9.80 Å². The normalized spacial score (nSPS) is 23.0. The van der Waals surface area contributed by atoms with Crippen LogP contribution in [0.25, 0.3) is 0 Å². The minimum atomic E-state index is -1.36. The molecule has 4 rings (SSSR count). The zero-order chi connectivity index (χ0) is 21.0. The van der Waals surface area contributed by atoms with Crippen molar-refractivity contribution in [3.05, 3.63) is 48.0 Å². The first-order chi connectivity index (χ1) is 14.5. The van der Waals surface area contributed by atoms with Crippen LogP contribution in [0.1, 0.15) is 29.0 Å². The fraction of sp³-hybridized carbons (Fsp3) is 0.524. The molecular formula is C21H28N6O3. The number of aromatic amines is 1. The van der Waals surface area contributed by atoms with Crippen LogP contribution in [-0.4, -0.2) is 98.2 Å². The number of rotatable bonds is 6. The molecule has 30 heavy (non-hydrogen) atoms. The van der Waals surface area contributed by atoms with Crippen molar-refractivity contribution in [2.24, 2.45) is 0 Å². The maximum atomic E-state index is 13.0. The lowest BCUT2D eigenvalue weighted by Gasteiger charge is -2.43. The zero-order valence-electron chi connectivity index (χ0n) is 17.0. The number of benzene rings is 1. The minimum absolute atomic E-state index is 0.174. The Morgan fingerprint density at radius 2 is 1.90 bits per heavy atom. The van der Waals surface area contributed by atoms with Gasteiger partial charge in [-0.3, -0.25) is 19.6 Å². The third kappa shape index (κ3) is 4.52. The highest BCUT2D eigenvalue weighted by atomic mass is 16.3. The zero-order valence-corrected chi connectivity index (χ0v) is 17.0. The van der Waals surface area contributed by atoms with Gasteiger partial charge in [0.05, 0.1) is 0 Å². The molecule has 9 heteroatoms. The van der Waals surface area contributed by atoms with E-state index in [2.05, 4.69) is 32.2 Å². The highest BCUT2D eigenvalue weighted by Crippen LogP contribution is 2.25. The van der Waals surface area contributed by atoms with E-state index >= 15 is 0 Å². The van der Waals surface area contributed by atoms with E-state index < -0.39 is 5.60 Å². The average molecular weight is 412 g/mol. The molecule has 0 radical (unpaired) electrons. The highest BCUT2D eigenvalue weighted by Gasteiger charge is 2.43. The number of aromatic nitrogens is 3. The van der Waals surface area contributed by atoms with Gasteiger partial charge in [-0.2, -0.15) is 5.10 Å². The predicted molar refractivity (Wildman–Crippen MR) is 110 cm³/mol. The Hall–Kier alpha value is -2.78. The van der Waals surface area contributed by atoms with Crippen molar-refractivity contribution >= 4 is 11.8 Å². The van der Waals surface area contributed by atoms with Crippen LogP contribution in [0.15, 0.2) is 36.7 Å². The predicted octanol–water partition coefficient (Wildman–Crippen LogP) is 0.159. The molecule has 0 aliphatic carbocycles. The molecule has 2 saturated heterocycles. The van der Waals surface area contributed by atoms with E-state index in [0.717, 1.165) is 12.8 Å². The summed E-state index contributed by atoms with van der Waals surface area (Å²) < 4.78 is 0. The summed E-state index contributed by atoms with van der Waals surface area (Å²) in [6.45, 7) is 3.89. The Bertz CT molecular complexity index is 851. The Morgan fingerprint density at radius 3 is 2.60 bits per heavy atom. The van der Waals surface area contributed by atoms with Gasteiger partial charge in [-0.25, -0.2) is 4.98 Å². The average Bonchev–Trinajstić information content (AvgIpc) is 3.31. The maximum Gasteiger partial charge on any atom is 0.291 e. The second kappa shape index (κ2) is 8.93. The van der Waals surface area contributed by atoms with Crippen LogP contribution in [0.3, 0.4) is 0 Å². The quantitative estimate of drug-likeness (QED) is 0.700. The van der Waals surface area contributed by atoms with Crippen molar-refractivity contribution in [1.29, 1.82) is 0 Å². The number of piperidine rings is 1. The number of hydrogen-bond donors (Lipinski definition) is 2. The maximum absolute atomic E-state index is 13.0. The number of nitrogens with one attached hydrogen (secondary N) is 1. The molecule has 0 bridgehead atoms. The molecule has 2 amide bonds. The van der Waals surface area contributed by atoms with E-state index in [4.69, 9.17) is 0 Å². The molecule has 2 N–H and O–H groups in total. The largest absolute Gasteiger partial charge is 0.379 e. The van der Waals surface area contributed by atoms with Gasteiger partial charge in [0.25, 0.3) is 11.8 Å². The molecule has 0 saturated carbocycles. The molecular weight excluding hydrogens is 384 g/mol. The molecule has 1 aromatic carbocycles. The van der Waals surface area contributed by atoms with Gasteiger partial charge in [0.1, 0.15) is 6.33 Å². The number of carbonyl (C=O) groups excluding carboxylic acids is 2. The second-order valence-corrected chi connectivity index (χ2v) is 8.07. The van der Waals surface area contributed by atoms with Gasteiger partial charge in [0, 0.05) is 45.8 Å². The monoisotopic (exact) mass is 412 g/mol. The highest BCUT2D eigenvalue weighted by molar-refractivity contribution is 5.90. The number of nitrogens with zero attached hydrogens (tertiary/aromatic N) is 5. The molecule has 2 aliphatic rings. The number of aliphatic hydroxyl groups is 1. The van der Waals surface area contributed by atoms with E-state index in [9.17, 15) is 14.7 Å². The second-order valence-electron chi connectivity index (χ2n) is 8.07. The van der Waals surface area contributed by atoms with Gasteiger partial charge in [-0.05, 0) is 24.8 Å². The summed E-state index contributed by atoms with van der Waals surface area (Å²) in [6, 6.07) is 10.1. The Labute approximate surface area is 175 Å². The van der Waals surface area contributed by atoms with E-state index in [-0.39, 0.29) is 17.6 Å². The Kier molecular flexibility index (Phi) is 6.10. The molecule has 2 aromatic rings. The van der Waals surface area contributed by atoms with Crippen LogP contribution >= 0.6 is 0 Å². The summed E-state index contributed by atoms with van der Waals surface area (Å²) >= 11 is 0. The molecule has 2 fully saturated rings. The summed E-state index contributed by atoms with van der Waals surface area (Å²) in [5, 5.41) is 17.5. The summed E-state index contributed by atoms with van der Waals surface area (Å²) in [5.41, 5.74) is -0.168. The van der Waals surface area contributed by atoms with Gasteiger partial charge in [-0.1, -0.05) is 30.3 Å². The van der Waals surface area contributed by atoms with Crippen molar-refractivity contribution < 1.29 is 14.7 Å². The van der Waals surface area contributed by atoms with Crippen LogP contribution in [0, 0.1) is 0 Å². The molecule has 2 aliphatic heterocycles. The molecule has 1 aromatic heterocycles. The Morgan fingerprint density at radius 1 is 1.13 bits per heavy atom. The first-order valence-corrected chi connectivity index (χ1v) is 10.5. The van der Waals surface area contributed by atoms with Crippen LogP contribution in [-0.2, 0) is 11.2 Å². The van der Waals surface area contributed by atoms with Crippen LogP contribution < -0.4 is 0 Å². The number of piperazine rings is 1. The first kappa shape index (κ1) is 20.5. The fourth-order valence-corrected chi connectivity index (χ4v) is 4.27. The van der Waals surface area contributed by atoms with Crippen molar-refractivity contribution in [3.63, 3.8) is 0 Å². The molecule has 9 nitrogen and oxygen atoms in total. The summed E-state index contributed by atoms with van der Waals surface area (Å²) in [4.78, 5) is 34.9. The van der Waals surface area contributed by atoms with Crippen LogP contribution in [0.2, 0.25) is 0 Å².